The molecule has 5 heteroatoms. The van der Waals surface area contributed by atoms with Crippen LogP contribution in [0.1, 0.15) is 25.3 Å². The molecule has 1 aromatic carbocycles. The van der Waals surface area contributed by atoms with Gasteiger partial charge < -0.3 is 10.6 Å². The van der Waals surface area contributed by atoms with E-state index in [1.54, 1.807) is 6.07 Å². The van der Waals surface area contributed by atoms with E-state index in [4.69, 9.17) is 11.6 Å². The van der Waals surface area contributed by atoms with Crippen LogP contribution >= 0.6 is 11.6 Å². The average molecular weight is 310 g/mol. The molecule has 0 aliphatic carbocycles. The molecule has 1 aliphatic heterocycles. The first-order valence-corrected chi connectivity index (χ1v) is 7.98. The van der Waals surface area contributed by atoms with Crippen LogP contribution in [0.2, 0.25) is 5.02 Å². The fraction of sp³-hybridized carbons (Fsp3) is 0.562. The molecule has 4 nitrogen and oxygen atoms in total. The number of aryl methyl sites for hydroxylation is 1. The van der Waals surface area contributed by atoms with Crippen LogP contribution in [0, 0.1) is 6.92 Å². The second-order valence-electron chi connectivity index (χ2n) is 5.57. The van der Waals surface area contributed by atoms with Crippen LogP contribution < -0.4 is 10.6 Å². The largest absolute Gasteiger partial charge is 0.325 e. The van der Waals surface area contributed by atoms with Crippen LogP contribution in [0.3, 0.4) is 0 Å². The number of nitrogens with one attached hydrogen (secondary N) is 2. The molecule has 0 saturated carbocycles. The highest BCUT2D eigenvalue weighted by atomic mass is 35.5. The van der Waals surface area contributed by atoms with Crippen LogP contribution in [-0.4, -0.2) is 43.0 Å². The Kier molecular flexibility index (Phi) is 6.03. The number of nitrogens with zero attached hydrogens (tertiary/aromatic N) is 1. The SMILES string of the molecule is CCN(CC(=O)Nc1ccc(Cl)cc1C)C1CCCNC1. The molecule has 0 aromatic heterocycles. The van der Waals surface area contributed by atoms with Gasteiger partial charge in [0, 0.05) is 23.3 Å². The number of benzene rings is 1. The third kappa shape index (κ3) is 4.70. The summed E-state index contributed by atoms with van der Waals surface area (Å²) >= 11 is 5.93. The summed E-state index contributed by atoms with van der Waals surface area (Å²) in [5, 5.41) is 7.07. The lowest BCUT2D eigenvalue weighted by Gasteiger charge is -2.33. The fourth-order valence-electron chi connectivity index (χ4n) is 2.79. The first-order chi connectivity index (χ1) is 10.1. The second-order valence-corrected chi connectivity index (χ2v) is 6.01. The normalized spacial score (nSPS) is 18.8. The Hall–Kier alpha value is -1.10. The maximum atomic E-state index is 12.3. The molecule has 1 amide bonds. The second kappa shape index (κ2) is 7.78. The summed E-state index contributed by atoms with van der Waals surface area (Å²) in [7, 11) is 0. The highest BCUT2D eigenvalue weighted by molar-refractivity contribution is 6.30. The molecule has 2 rings (SSSR count). The van der Waals surface area contributed by atoms with Crippen molar-refractivity contribution in [3.63, 3.8) is 0 Å². The van der Waals surface area contributed by atoms with Crippen molar-refractivity contribution < 1.29 is 4.79 Å². The van der Waals surface area contributed by atoms with Gasteiger partial charge in [0.15, 0.2) is 0 Å². The van der Waals surface area contributed by atoms with Crippen molar-refractivity contribution in [3.8, 4) is 0 Å². The maximum Gasteiger partial charge on any atom is 0.238 e. The summed E-state index contributed by atoms with van der Waals surface area (Å²) in [4.78, 5) is 14.5. The Bertz CT molecular complexity index is 486. The molecule has 0 bridgehead atoms. The number of carbonyl (C=O) groups is 1. The lowest BCUT2D eigenvalue weighted by atomic mass is 10.1. The molecule has 21 heavy (non-hydrogen) atoms. The van der Waals surface area contributed by atoms with E-state index in [2.05, 4.69) is 22.5 Å². The standard InChI is InChI=1S/C16H24ClN3O/c1-3-20(14-5-4-8-18-10-14)11-16(21)19-15-7-6-13(17)9-12(15)2/h6-7,9,14,18H,3-5,8,10-11H2,1-2H3,(H,19,21). The Morgan fingerprint density at radius 2 is 2.33 bits per heavy atom. The molecule has 1 fully saturated rings. The zero-order valence-electron chi connectivity index (χ0n) is 12.8. The number of amides is 1. The van der Waals surface area contributed by atoms with Gasteiger partial charge in [-0.25, -0.2) is 0 Å². The van der Waals surface area contributed by atoms with Gasteiger partial charge in [-0.05, 0) is 56.6 Å². The van der Waals surface area contributed by atoms with Gasteiger partial charge in [-0.15, -0.1) is 0 Å². The summed E-state index contributed by atoms with van der Waals surface area (Å²) in [5.74, 6) is 0.0350. The van der Waals surface area contributed by atoms with Crippen molar-refractivity contribution >= 4 is 23.2 Å². The smallest absolute Gasteiger partial charge is 0.238 e. The number of anilines is 1. The molecule has 1 aliphatic rings. The van der Waals surface area contributed by atoms with E-state index in [-0.39, 0.29) is 5.91 Å². The zero-order valence-corrected chi connectivity index (χ0v) is 13.5. The van der Waals surface area contributed by atoms with Gasteiger partial charge in [0.2, 0.25) is 5.91 Å². The number of rotatable bonds is 5. The summed E-state index contributed by atoms with van der Waals surface area (Å²) in [6, 6.07) is 5.97. The van der Waals surface area contributed by atoms with Crippen LogP contribution in [0.5, 0.6) is 0 Å². The maximum absolute atomic E-state index is 12.3. The Morgan fingerprint density at radius 3 is 2.95 bits per heavy atom. The molecular formula is C16H24ClN3O. The summed E-state index contributed by atoms with van der Waals surface area (Å²) < 4.78 is 0. The predicted molar refractivity (Wildman–Crippen MR) is 88.0 cm³/mol. The summed E-state index contributed by atoms with van der Waals surface area (Å²) in [6.07, 6.45) is 2.34. The van der Waals surface area contributed by atoms with Crippen LogP contribution in [0.15, 0.2) is 18.2 Å². The highest BCUT2D eigenvalue weighted by Crippen LogP contribution is 2.19. The van der Waals surface area contributed by atoms with Crippen molar-refractivity contribution in [2.75, 3.05) is 31.5 Å². The molecule has 0 spiro atoms. The van der Waals surface area contributed by atoms with E-state index in [9.17, 15) is 4.79 Å². The number of hydrogen-bond acceptors (Lipinski definition) is 3. The minimum atomic E-state index is 0.0350. The van der Waals surface area contributed by atoms with E-state index in [0.717, 1.165) is 37.3 Å². The molecule has 2 N–H and O–H groups in total. The third-order valence-electron chi connectivity index (χ3n) is 4.00. The number of piperidine rings is 1. The van der Waals surface area contributed by atoms with Gasteiger partial charge in [0.25, 0.3) is 0 Å². The predicted octanol–water partition coefficient (Wildman–Crippen LogP) is 2.66. The van der Waals surface area contributed by atoms with E-state index in [0.29, 0.717) is 17.6 Å². The van der Waals surface area contributed by atoms with E-state index >= 15 is 0 Å². The van der Waals surface area contributed by atoms with Gasteiger partial charge in [-0.2, -0.15) is 0 Å². The van der Waals surface area contributed by atoms with Gasteiger partial charge >= 0.3 is 0 Å². The van der Waals surface area contributed by atoms with Gasteiger partial charge in [-0.3, -0.25) is 9.69 Å². The third-order valence-corrected chi connectivity index (χ3v) is 4.24. The summed E-state index contributed by atoms with van der Waals surface area (Å²) in [6.45, 7) is 7.44. The lowest BCUT2D eigenvalue weighted by molar-refractivity contribution is -0.117. The van der Waals surface area contributed by atoms with Crippen molar-refractivity contribution in [2.24, 2.45) is 0 Å². The van der Waals surface area contributed by atoms with Gasteiger partial charge in [-0.1, -0.05) is 18.5 Å². The van der Waals surface area contributed by atoms with Gasteiger partial charge in [0.1, 0.15) is 0 Å². The molecule has 1 aromatic rings. The minimum Gasteiger partial charge on any atom is -0.325 e. The Morgan fingerprint density at radius 1 is 1.52 bits per heavy atom. The monoisotopic (exact) mass is 309 g/mol. The van der Waals surface area contributed by atoms with Crippen molar-refractivity contribution in [2.45, 2.75) is 32.7 Å². The van der Waals surface area contributed by atoms with E-state index < -0.39 is 0 Å². The van der Waals surface area contributed by atoms with Crippen molar-refractivity contribution in [1.29, 1.82) is 0 Å². The fourth-order valence-corrected chi connectivity index (χ4v) is 3.01. The lowest BCUT2D eigenvalue weighted by Crippen LogP contribution is -2.48. The first kappa shape index (κ1) is 16.3. The number of carbonyl (C=O) groups excluding carboxylic acids is 1. The summed E-state index contributed by atoms with van der Waals surface area (Å²) in [5.41, 5.74) is 1.82. The quantitative estimate of drug-likeness (QED) is 0.879. The topological polar surface area (TPSA) is 44.4 Å². The number of hydrogen-bond donors (Lipinski definition) is 2. The molecule has 0 radical (unpaired) electrons. The van der Waals surface area contributed by atoms with E-state index in [1.807, 2.05) is 19.1 Å². The molecule has 116 valence electrons. The number of halogens is 1. The molecule has 1 saturated heterocycles. The van der Waals surface area contributed by atoms with Crippen molar-refractivity contribution in [1.82, 2.24) is 10.2 Å². The molecular weight excluding hydrogens is 286 g/mol. The molecule has 1 heterocycles. The first-order valence-electron chi connectivity index (χ1n) is 7.61. The van der Waals surface area contributed by atoms with E-state index in [1.165, 1.54) is 6.42 Å². The Balaban J connectivity index is 1.92. The van der Waals surface area contributed by atoms with Crippen LogP contribution in [-0.2, 0) is 4.79 Å². The highest BCUT2D eigenvalue weighted by Gasteiger charge is 2.21. The van der Waals surface area contributed by atoms with Crippen LogP contribution in [0.25, 0.3) is 0 Å². The van der Waals surface area contributed by atoms with Gasteiger partial charge in [0.05, 0.1) is 6.54 Å². The minimum absolute atomic E-state index is 0.0350. The number of likely N-dealkylation sites (N-methyl/N-ethyl adjacent to an activating group) is 1. The molecule has 1 atom stereocenters. The average Bonchev–Trinajstić information content (AvgIpc) is 2.48. The Labute approximate surface area is 131 Å². The zero-order chi connectivity index (χ0) is 15.2. The van der Waals surface area contributed by atoms with Crippen molar-refractivity contribution in [3.05, 3.63) is 28.8 Å². The van der Waals surface area contributed by atoms with Crippen LogP contribution in [0.4, 0.5) is 5.69 Å². The molecule has 1 unspecified atom stereocenters.